The number of aryl methyl sites for hydroxylation is 1. The van der Waals surface area contributed by atoms with Gasteiger partial charge in [0.2, 0.25) is 0 Å². The number of aromatic nitrogens is 3. The maximum absolute atomic E-state index is 13.0. The molecule has 0 bridgehead atoms. The van der Waals surface area contributed by atoms with Crippen molar-refractivity contribution < 1.29 is 9.53 Å². The van der Waals surface area contributed by atoms with E-state index < -0.39 is 0 Å². The Hall–Kier alpha value is -2.37. The zero-order valence-corrected chi connectivity index (χ0v) is 14.4. The van der Waals surface area contributed by atoms with E-state index in [1.54, 1.807) is 0 Å². The summed E-state index contributed by atoms with van der Waals surface area (Å²) >= 11 is 0. The third-order valence-electron chi connectivity index (χ3n) is 5.44. The minimum absolute atomic E-state index is 0.0717. The molecular weight excluding hydrogens is 316 g/mol. The van der Waals surface area contributed by atoms with Gasteiger partial charge in [-0.1, -0.05) is 0 Å². The van der Waals surface area contributed by atoms with Crippen molar-refractivity contribution in [2.45, 2.75) is 51.1 Å². The summed E-state index contributed by atoms with van der Waals surface area (Å²) in [5, 5.41) is 8.76. The molecule has 0 spiro atoms. The molecule has 3 aliphatic rings. The normalized spacial score (nSPS) is 22.1. The highest BCUT2D eigenvalue weighted by Crippen LogP contribution is 2.41. The van der Waals surface area contributed by atoms with Gasteiger partial charge in [0.25, 0.3) is 5.91 Å². The summed E-state index contributed by atoms with van der Waals surface area (Å²) in [5.74, 6) is 3.59. The maximum atomic E-state index is 13.0. The van der Waals surface area contributed by atoms with E-state index in [4.69, 9.17) is 4.74 Å². The van der Waals surface area contributed by atoms with Gasteiger partial charge in [-0.3, -0.25) is 4.79 Å². The molecule has 1 amide bonds. The first kappa shape index (κ1) is 14.9. The molecule has 2 aromatic rings. The van der Waals surface area contributed by atoms with E-state index in [1.165, 1.54) is 12.8 Å². The number of hydrogen-bond acceptors (Lipinski definition) is 4. The highest BCUT2D eigenvalue weighted by atomic mass is 16.5. The fourth-order valence-electron chi connectivity index (χ4n) is 4.01. The minimum atomic E-state index is 0.0717. The number of carbonyl (C=O) groups excluding carboxylic acids is 1. The molecule has 6 heteroatoms. The first-order valence-electron chi connectivity index (χ1n) is 9.19. The third-order valence-corrected chi connectivity index (χ3v) is 5.44. The Morgan fingerprint density at radius 2 is 2.16 bits per heavy atom. The largest absolute Gasteiger partial charge is 0.493 e. The van der Waals surface area contributed by atoms with Crippen molar-refractivity contribution in [2.75, 3.05) is 13.2 Å². The number of ether oxygens (including phenoxy) is 1. The van der Waals surface area contributed by atoms with Gasteiger partial charge in [-0.15, -0.1) is 10.2 Å². The van der Waals surface area contributed by atoms with Gasteiger partial charge >= 0.3 is 0 Å². The van der Waals surface area contributed by atoms with Crippen LogP contribution in [0.25, 0.3) is 0 Å². The van der Waals surface area contributed by atoms with Crippen LogP contribution in [0.4, 0.5) is 0 Å². The van der Waals surface area contributed by atoms with Gasteiger partial charge < -0.3 is 14.2 Å². The average molecular weight is 338 g/mol. The van der Waals surface area contributed by atoms with Crippen LogP contribution in [0.3, 0.4) is 0 Å². The van der Waals surface area contributed by atoms with E-state index in [2.05, 4.69) is 21.7 Å². The van der Waals surface area contributed by atoms with E-state index in [9.17, 15) is 4.79 Å². The number of amides is 1. The summed E-state index contributed by atoms with van der Waals surface area (Å²) in [6, 6.07) is 6.03. The summed E-state index contributed by atoms with van der Waals surface area (Å²) < 4.78 is 7.90. The molecular formula is C19H22N4O2. The lowest BCUT2D eigenvalue weighted by atomic mass is 10.0. The van der Waals surface area contributed by atoms with E-state index in [0.717, 1.165) is 48.0 Å². The number of benzene rings is 1. The molecule has 6 nitrogen and oxygen atoms in total. The Morgan fingerprint density at radius 1 is 1.28 bits per heavy atom. The number of fused-ring (bicyclic) bond motifs is 2. The van der Waals surface area contributed by atoms with Crippen molar-refractivity contribution in [3.8, 4) is 5.75 Å². The summed E-state index contributed by atoms with van der Waals surface area (Å²) in [6.45, 7) is 4.16. The van der Waals surface area contributed by atoms with Crippen molar-refractivity contribution in [1.82, 2.24) is 19.7 Å². The molecule has 1 saturated carbocycles. The molecule has 5 rings (SSSR count). The zero-order chi connectivity index (χ0) is 17.0. The smallest absolute Gasteiger partial charge is 0.254 e. The van der Waals surface area contributed by atoms with Crippen molar-refractivity contribution in [3.05, 3.63) is 41.0 Å². The highest BCUT2D eigenvalue weighted by Gasteiger charge is 2.35. The Morgan fingerprint density at radius 3 is 3.00 bits per heavy atom. The molecule has 0 saturated heterocycles. The second-order valence-corrected chi connectivity index (χ2v) is 7.43. The fraction of sp³-hybridized carbons (Fsp3) is 0.526. The molecule has 1 fully saturated rings. The first-order valence-corrected chi connectivity index (χ1v) is 9.19. The highest BCUT2D eigenvalue weighted by molar-refractivity contribution is 5.94. The van der Waals surface area contributed by atoms with E-state index >= 15 is 0 Å². The van der Waals surface area contributed by atoms with Crippen molar-refractivity contribution >= 4 is 5.91 Å². The lowest BCUT2D eigenvalue weighted by Gasteiger charge is -2.33. The molecule has 1 aromatic carbocycles. The summed E-state index contributed by atoms with van der Waals surface area (Å²) in [4.78, 5) is 14.9. The minimum Gasteiger partial charge on any atom is -0.493 e. The molecule has 0 N–H and O–H groups in total. The Balaban J connectivity index is 1.41. The van der Waals surface area contributed by atoms with Gasteiger partial charge in [-0.25, -0.2) is 0 Å². The maximum Gasteiger partial charge on any atom is 0.254 e. The topological polar surface area (TPSA) is 60.3 Å². The lowest BCUT2D eigenvalue weighted by Crippen LogP contribution is -2.40. The zero-order valence-electron chi connectivity index (χ0n) is 14.4. The van der Waals surface area contributed by atoms with Crippen LogP contribution in [0.2, 0.25) is 0 Å². The van der Waals surface area contributed by atoms with E-state index in [1.807, 2.05) is 23.1 Å². The Bertz CT molecular complexity index is 840. The molecule has 3 heterocycles. The van der Waals surface area contributed by atoms with Crippen LogP contribution in [0.15, 0.2) is 18.2 Å². The monoisotopic (exact) mass is 338 g/mol. The van der Waals surface area contributed by atoms with Gasteiger partial charge in [0.05, 0.1) is 19.2 Å². The number of nitrogens with zero attached hydrogens (tertiary/aromatic N) is 4. The molecule has 25 heavy (non-hydrogen) atoms. The molecule has 0 radical (unpaired) electrons. The van der Waals surface area contributed by atoms with Crippen LogP contribution in [-0.4, -0.2) is 38.7 Å². The molecule has 0 unspecified atom stereocenters. The number of hydrogen-bond donors (Lipinski definition) is 0. The standard InChI is InChI=1S/C19H22N4O2/c1-12-10-22(11-17-20-21-18(23(12)17)13-4-5-13)19(24)15-6-7-16-14(9-15)3-2-8-25-16/h6-7,9,12-13H,2-5,8,10-11H2,1H3/t12-/m0/s1. The van der Waals surface area contributed by atoms with Gasteiger partial charge in [-0.2, -0.15) is 0 Å². The third kappa shape index (κ3) is 2.51. The lowest BCUT2D eigenvalue weighted by molar-refractivity contribution is 0.0679. The summed E-state index contributed by atoms with van der Waals surface area (Å²) in [7, 11) is 0. The predicted octanol–water partition coefficient (Wildman–Crippen LogP) is 2.70. The molecule has 1 atom stereocenters. The van der Waals surface area contributed by atoms with Crippen molar-refractivity contribution in [1.29, 1.82) is 0 Å². The predicted molar refractivity (Wildman–Crippen MR) is 91.7 cm³/mol. The Labute approximate surface area is 146 Å². The molecule has 2 aliphatic heterocycles. The SMILES string of the molecule is C[C@H]1CN(C(=O)c2ccc3c(c2)CCCO3)Cc2nnc(C3CC3)n21. The quantitative estimate of drug-likeness (QED) is 0.845. The van der Waals surface area contributed by atoms with E-state index in [0.29, 0.717) is 19.0 Å². The van der Waals surface area contributed by atoms with Gasteiger partial charge in [0.15, 0.2) is 5.82 Å². The second kappa shape index (κ2) is 5.58. The van der Waals surface area contributed by atoms with Crippen LogP contribution in [0, 0.1) is 0 Å². The number of rotatable bonds is 2. The van der Waals surface area contributed by atoms with Crippen LogP contribution >= 0.6 is 0 Å². The van der Waals surface area contributed by atoms with E-state index in [-0.39, 0.29) is 11.9 Å². The average Bonchev–Trinajstić information content (AvgIpc) is 3.39. The summed E-state index contributed by atoms with van der Waals surface area (Å²) in [6.07, 6.45) is 4.42. The van der Waals surface area contributed by atoms with Crippen LogP contribution < -0.4 is 4.74 Å². The fourth-order valence-corrected chi connectivity index (χ4v) is 4.01. The Kier molecular flexibility index (Phi) is 3.33. The first-order chi connectivity index (χ1) is 12.2. The number of carbonyl (C=O) groups is 1. The van der Waals surface area contributed by atoms with Gasteiger partial charge in [0, 0.05) is 18.0 Å². The van der Waals surface area contributed by atoms with Crippen LogP contribution in [0.5, 0.6) is 5.75 Å². The van der Waals surface area contributed by atoms with Gasteiger partial charge in [0.1, 0.15) is 11.6 Å². The van der Waals surface area contributed by atoms with Gasteiger partial charge in [-0.05, 0) is 56.4 Å². The molecule has 1 aromatic heterocycles. The second-order valence-electron chi connectivity index (χ2n) is 7.43. The van der Waals surface area contributed by atoms with Crippen molar-refractivity contribution in [3.63, 3.8) is 0 Å². The summed E-state index contributed by atoms with van der Waals surface area (Å²) in [5.41, 5.74) is 1.88. The van der Waals surface area contributed by atoms with Crippen LogP contribution in [0.1, 0.15) is 65.7 Å². The van der Waals surface area contributed by atoms with Crippen LogP contribution in [-0.2, 0) is 13.0 Å². The van der Waals surface area contributed by atoms with Crippen molar-refractivity contribution in [2.24, 2.45) is 0 Å². The molecule has 130 valence electrons. The molecule has 1 aliphatic carbocycles.